The second-order valence-corrected chi connectivity index (χ2v) is 8.52. The van der Waals surface area contributed by atoms with Crippen LogP contribution in [-0.4, -0.2) is 59.2 Å². The number of amides is 1. The van der Waals surface area contributed by atoms with Crippen molar-refractivity contribution >= 4 is 5.91 Å². The van der Waals surface area contributed by atoms with Gasteiger partial charge < -0.3 is 29.7 Å². The van der Waals surface area contributed by atoms with E-state index < -0.39 is 36.4 Å². The quantitative estimate of drug-likeness (QED) is 0.435. The number of aliphatic hydroxyl groups excluding tert-OH is 2. The van der Waals surface area contributed by atoms with Gasteiger partial charge in [0.2, 0.25) is 5.91 Å². The largest absolute Gasteiger partial charge is 0.388 e. The summed E-state index contributed by atoms with van der Waals surface area (Å²) in [5.41, 5.74) is 0. The van der Waals surface area contributed by atoms with Gasteiger partial charge in [-0.25, -0.2) is 0 Å². The summed E-state index contributed by atoms with van der Waals surface area (Å²) in [4.78, 5) is 12.2. The van der Waals surface area contributed by atoms with Crippen molar-refractivity contribution in [1.82, 2.24) is 5.32 Å². The Kier molecular flexibility index (Phi) is 9.63. The minimum atomic E-state index is -1.25. The average Bonchev–Trinajstić information content (AvgIpc) is 3.13. The van der Waals surface area contributed by atoms with Gasteiger partial charge in [-0.15, -0.1) is 0 Å². The Hall–Kier alpha value is -0.730. The monoisotopic (exact) mass is 401 g/mol. The highest BCUT2D eigenvalue weighted by Gasteiger charge is 2.50. The highest BCUT2D eigenvalue weighted by Crippen LogP contribution is 2.31. The topological polar surface area (TPSA) is 97.3 Å². The van der Waals surface area contributed by atoms with Crippen molar-refractivity contribution in [3.63, 3.8) is 0 Å². The van der Waals surface area contributed by atoms with E-state index in [0.717, 1.165) is 19.3 Å². The zero-order chi connectivity index (χ0) is 20.6. The molecule has 1 amide bonds. The first kappa shape index (κ1) is 23.5. The van der Waals surface area contributed by atoms with Gasteiger partial charge >= 0.3 is 0 Å². The van der Waals surface area contributed by atoms with Crippen LogP contribution in [0.15, 0.2) is 0 Å². The van der Waals surface area contributed by atoms with Crippen LogP contribution in [0, 0.1) is 0 Å². The molecule has 0 saturated carbocycles. The number of unbranched alkanes of at least 4 members (excludes halogenated alkanes) is 8. The Morgan fingerprint density at radius 1 is 1.04 bits per heavy atom. The summed E-state index contributed by atoms with van der Waals surface area (Å²) < 4.78 is 16.7. The third-order valence-electron chi connectivity index (χ3n) is 5.54. The van der Waals surface area contributed by atoms with Gasteiger partial charge in [0.25, 0.3) is 0 Å². The van der Waals surface area contributed by atoms with Crippen molar-refractivity contribution in [1.29, 1.82) is 0 Å². The third-order valence-corrected chi connectivity index (χ3v) is 5.54. The Morgan fingerprint density at radius 2 is 1.64 bits per heavy atom. The highest BCUT2D eigenvalue weighted by molar-refractivity contribution is 5.76. The second kappa shape index (κ2) is 11.5. The van der Waals surface area contributed by atoms with Crippen molar-refractivity contribution < 1.29 is 29.2 Å². The third kappa shape index (κ3) is 7.26. The van der Waals surface area contributed by atoms with E-state index in [1.807, 2.05) is 0 Å². The summed E-state index contributed by atoms with van der Waals surface area (Å²) in [6.45, 7) is 6.07. The molecule has 3 N–H and O–H groups in total. The Balaban J connectivity index is 1.61. The van der Waals surface area contributed by atoms with Crippen LogP contribution in [0.5, 0.6) is 0 Å². The normalized spacial score (nSPS) is 32.0. The summed E-state index contributed by atoms with van der Waals surface area (Å²) in [5, 5.41) is 23.3. The Labute approximate surface area is 169 Å². The van der Waals surface area contributed by atoms with Crippen molar-refractivity contribution in [3.05, 3.63) is 0 Å². The number of nitrogens with one attached hydrogen (secondary N) is 1. The lowest BCUT2D eigenvalue weighted by Crippen LogP contribution is -2.49. The Morgan fingerprint density at radius 3 is 2.21 bits per heavy atom. The number of ether oxygens (including phenoxy) is 3. The van der Waals surface area contributed by atoms with Crippen LogP contribution < -0.4 is 5.32 Å². The molecule has 1 unspecified atom stereocenters. The first-order valence-corrected chi connectivity index (χ1v) is 11.0. The van der Waals surface area contributed by atoms with Crippen LogP contribution >= 0.6 is 0 Å². The smallest absolute Gasteiger partial charge is 0.220 e. The zero-order valence-electron chi connectivity index (χ0n) is 17.7. The van der Waals surface area contributed by atoms with Crippen LogP contribution in [0.2, 0.25) is 0 Å². The summed E-state index contributed by atoms with van der Waals surface area (Å²) in [5.74, 6) is -0.907. The molecule has 2 aliphatic heterocycles. The van der Waals surface area contributed by atoms with E-state index in [4.69, 9.17) is 14.2 Å². The van der Waals surface area contributed by atoms with Crippen molar-refractivity contribution in [2.75, 3.05) is 6.61 Å². The molecule has 0 aromatic heterocycles. The van der Waals surface area contributed by atoms with Crippen molar-refractivity contribution in [2.45, 2.75) is 121 Å². The predicted octanol–water partition coefficient (Wildman–Crippen LogP) is 2.62. The van der Waals surface area contributed by atoms with E-state index in [0.29, 0.717) is 6.42 Å². The lowest BCUT2D eigenvalue weighted by molar-refractivity contribution is -0.175. The summed E-state index contributed by atoms with van der Waals surface area (Å²) in [6, 6.07) is -0.844. The van der Waals surface area contributed by atoms with Gasteiger partial charge in [0.1, 0.15) is 24.4 Å². The molecule has 164 valence electrons. The Bertz CT molecular complexity index is 472. The van der Waals surface area contributed by atoms with E-state index >= 15 is 0 Å². The maximum absolute atomic E-state index is 12.2. The molecule has 2 aliphatic rings. The highest BCUT2D eigenvalue weighted by atomic mass is 16.8. The van der Waals surface area contributed by atoms with Crippen LogP contribution in [0.4, 0.5) is 0 Å². The summed E-state index contributed by atoms with van der Waals surface area (Å²) >= 11 is 0. The van der Waals surface area contributed by atoms with Gasteiger partial charge in [-0.2, -0.15) is 0 Å². The molecule has 28 heavy (non-hydrogen) atoms. The lowest BCUT2D eigenvalue weighted by Gasteiger charge is -2.23. The first-order chi connectivity index (χ1) is 13.3. The lowest BCUT2D eigenvalue weighted by atomic mass is 10.0. The van der Waals surface area contributed by atoms with E-state index in [1.54, 1.807) is 13.8 Å². The van der Waals surface area contributed by atoms with Crippen LogP contribution in [-0.2, 0) is 19.0 Å². The standard InChI is InChI=1S/C21H39NO6/c1-4-5-6-7-8-9-10-11-12-13-16(23)22-17-18(24)19(27-20(17)25)15-14-26-21(2,3)28-15/h15,17-20,24-25H,4-14H2,1-3H3,(H,22,23)/t15-,17-,18-,19-,20?/m1/s1. The molecular formula is C21H39NO6. The molecule has 7 nitrogen and oxygen atoms in total. The van der Waals surface area contributed by atoms with Crippen LogP contribution in [0.25, 0.3) is 0 Å². The van der Waals surface area contributed by atoms with Gasteiger partial charge in [0, 0.05) is 6.42 Å². The van der Waals surface area contributed by atoms with Crippen molar-refractivity contribution in [3.8, 4) is 0 Å². The van der Waals surface area contributed by atoms with Gasteiger partial charge in [-0.1, -0.05) is 58.3 Å². The van der Waals surface area contributed by atoms with E-state index in [9.17, 15) is 15.0 Å². The van der Waals surface area contributed by atoms with E-state index in [1.165, 1.54) is 38.5 Å². The number of carbonyl (C=O) groups is 1. The number of hydrogen-bond acceptors (Lipinski definition) is 6. The van der Waals surface area contributed by atoms with Gasteiger partial charge in [-0.05, 0) is 20.3 Å². The molecule has 5 atom stereocenters. The van der Waals surface area contributed by atoms with Crippen molar-refractivity contribution in [2.24, 2.45) is 0 Å². The van der Waals surface area contributed by atoms with E-state index in [2.05, 4.69) is 12.2 Å². The zero-order valence-corrected chi connectivity index (χ0v) is 17.7. The summed E-state index contributed by atoms with van der Waals surface area (Å²) in [6.07, 6.45) is 7.61. The maximum atomic E-state index is 12.2. The number of carbonyl (C=O) groups excluding carboxylic acids is 1. The van der Waals surface area contributed by atoms with Gasteiger partial charge in [-0.3, -0.25) is 4.79 Å². The van der Waals surface area contributed by atoms with Gasteiger partial charge in [0.15, 0.2) is 12.1 Å². The van der Waals surface area contributed by atoms with Crippen LogP contribution in [0.3, 0.4) is 0 Å². The number of rotatable bonds is 12. The molecular weight excluding hydrogens is 362 g/mol. The molecule has 0 spiro atoms. The molecule has 0 radical (unpaired) electrons. The fraction of sp³-hybridized carbons (Fsp3) is 0.952. The average molecular weight is 402 g/mol. The van der Waals surface area contributed by atoms with Crippen LogP contribution in [0.1, 0.15) is 85.0 Å². The molecule has 2 fully saturated rings. The minimum absolute atomic E-state index is 0.167. The molecule has 7 heteroatoms. The molecule has 0 aliphatic carbocycles. The molecule has 2 saturated heterocycles. The molecule has 2 rings (SSSR count). The maximum Gasteiger partial charge on any atom is 0.220 e. The number of aliphatic hydroxyl groups is 2. The molecule has 2 heterocycles. The second-order valence-electron chi connectivity index (χ2n) is 8.52. The summed E-state index contributed by atoms with van der Waals surface area (Å²) in [7, 11) is 0. The first-order valence-electron chi connectivity index (χ1n) is 11.0. The molecule has 0 bridgehead atoms. The fourth-order valence-electron chi connectivity index (χ4n) is 3.89. The molecule has 0 aromatic carbocycles. The fourth-order valence-corrected chi connectivity index (χ4v) is 3.89. The van der Waals surface area contributed by atoms with Gasteiger partial charge in [0.05, 0.1) is 6.61 Å². The minimum Gasteiger partial charge on any atom is -0.388 e. The predicted molar refractivity (Wildman–Crippen MR) is 106 cm³/mol. The SMILES string of the molecule is CCCCCCCCCCCC(=O)N[C@H]1C(O)O[C@H]([C@H]2COC(C)(C)O2)[C@@H]1O. The van der Waals surface area contributed by atoms with E-state index in [-0.39, 0.29) is 12.5 Å². The number of hydrogen-bond donors (Lipinski definition) is 3. The molecule has 0 aromatic rings.